The first-order chi connectivity index (χ1) is 18.5. The topological polar surface area (TPSA) is 113 Å². The summed E-state index contributed by atoms with van der Waals surface area (Å²) in [5.74, 6) is -0.852. The van der Waals surface area contributed by atoms with Crippen molar-refractivity contribution in [2.75, 3.05) is 40.8 Å². The van der Waals surface area contributed by atoms with Gasteiger partial charge >= 0.3 is 12.1 Å². The zero-order chi connectivity index (χ0) is 26.9. The van der Waals surface area contributed by atoms with E-state index in [2.05, 4.69) is 5.32 Å². The second-order valence-corrected chi connectivity index (χ2v) is 8.67. The molecule has 200 valence electrons. The Morgan fingerprint density at radius 2 is 1.53 bits per heavy atom. The van der Waals surface area contributed by atoms with Crippen molar-refractivity contribution in [1.29, 1.82) is 0 Å². The summed E-state index contributed by atoms with van der Waals surface area (Å²) in [5, 5.41) is 12.3. The van der Waals surface area contributed by atoms with Gasteiger partial charge in [-0.05, 0) is 39.9 Å². The van der Waals surface area contributed by atoms with Crippen LogP contribution in [0.25, 0.3) is 11.1 Å². The lowest BCUT2D eigenvalue weighted by atomic mass is 9.98. The minimum Gasteiger partial charge on any atom is -0.480 e. The van der Waals surface area contributed by atoms with Crippen molar-refractivity contribution < 1.29 is 38.4 Å². The molecule has 0 spiro atoms. The smallest absolute Gasteiger partial charge is 0.407 e. The maximum Gasteiger partial charge on any atom is 0.407 e. The van der Waals surface area contributed by atoms with Gasteiger partial charge in [0.15, 0.2) is 12.8 Å². The van der Waals surface area contributed by atoms with E-state index >= 15 is 0 Å². The predicted octanol–water partition coefficient (Wildman–Crippen LogP) is 4.37. The van der Waals surface area contributed by atoms with E-state index in [1.165, 1.54) is 7.11 Å². The molecule has 0 radical (unpaired) electrons. The molecule has 0 saturated carbocycles. The van der Waals surface area contributed by atoms with E-state index < -0.39 is 24.2 Å². The Morgan fingerprint density at radius 3 is 2.11 bits per heavy atom. The molecule has 1 amide bonds. The van der Waals surface area contributed by atoms with E-state index in [0.29, 0.717) is 24.5 Å². The fourth-order valence-corrected chi connectivity index (χ4v) is 4.56. The highest BCUT2D eigenvalue weighted by atomic mass is 16.7. The van der Waals surface area contributed by atoms with Crippen LogP contribution in [0.3, 0.4) is 0 Å². The highest BCUT2D eigenvalue weighted by Gasteiger charge is 2.33. The number of carbonyl (C=O) groups is 2. The molecule has 38 heavy (non-hydrogen) atoms. The van der Waals surface area contributed by atoms with E-state index in [9.17, 15) is 14.7 Å². The van der Waals surface area contributed by atoms with E-state index in [4.69, 9.17) is 23.7 Å². The fourth-order valence-electron chi connectivity index (χ4n) is 4.56. The predicted molar refractivity (Wildman–Crippen MR) is 139 cm³/mol. The molecule has 0 aliphatic heterocycles. The van der Waals surface area contributed by atoms with Crippen LogP contribution in [0, 0.1) is 0 Å². The molecule has 0 bridgehead atoms. The first-order valence-corrected chi connectivity index (χ1v) is 12.2. The van der Waals surface area contributed by atoms with Crippen LogP contribution in [0.15, 0.2) is 72.8 Å². The number of hydrogen-bond acceptors (Lipinski definition) is 7. The van der Waals surface area contributed by atoms with Crippen LogP contribution in [-0.2, 0) is 23.7 Å². The molecule has 1 aliphatic carbocycles. The van der Waals surface area contributed by atoms with E-state index in [1.54, 1.807) is 31.4 Å². The number of benzene rings is 3. The van der Waals surface area contributed by atoms with Crippen molar-refractivity contribution in [3.05, 3.63) is 89.5 Å². The molecule has 0 unspecified atom stereocenters. The van der Waals surface area contributed by atoms with Gasteiger partial charge in [0.05, 0.1) is 13.2 Å². The van der Waals surface area contributed by atoms with Crippen molar-refractivity contribution in [1.82, 2.24) is 5.32 Å². The van der Waals surface area contributed by atoms with Gasteiger partial charge in [0.25, 0.3) is 0 Å². The molecule has 2 atom stereocenters. The summed E-state index contributed by atoms with van der Waals surface area (Å²) in [4.78, 5) is 24.8. The number of carbonyl (C=O) groups excluding carboxylic acids is 1. The lowest BCUT2D eigenvalue weighted by Gasteiger charge is -2.24. The van der Waals surface area contributed by atoms with Crippen LogP contribution in [0.5, 0.6) is 5.75 Å². The van der Waals surface area contributed by atoms with Gasteiger partial charge in [0, 0.05) is 20.1 Å². The maximum absolute atomic E-state index is 12.7. The number of aliphatic carboxylic acids is 1. The lowest BCUT2D eigenvalue weighted by molar-refractivity contribution is -0.143. The summed E-state index contributed by atoms with van der Waals surface area (Å²) in [6.45, 7) is 0.993. The average molecular weight is 522 g/mol. The first-order valence-electron chi connectivity index (χ1n) is 12.2. The van der Waals surface area contributed by atoms with Crippen LogP contribution >= 0.6 is 0 Å². The molecular weight excluding hydrogens is 490 g/mol. The minimum atomic E-state index is -1.38. The summed E-state index contributed by atoms with van der Waals surface area (Å²) in [6, 6.07) is 21.3. The van der Waals surface area contributed by atoms with Gasteiger partial charge in [-0.3, -0.25) is 0 Å². The molecule has 3 aromatic rings. The molecule has 9 heteroatoms. The highest BCUT2D eigenvalue weighted by molar-refractivity contribution is 5.81. The number of carboxylic acids is 1. The Kier molecular flexibility index (Phi) is 9.31. The van der Waals surface area contributed by atoms with Crippen LogP contribution in [0.2, 0.25) is 0 Å². The Hall–Kier alpha value is -3.92. The van der Waals surface area contributed by atoms with E-state index in [1.807, 2.05) is 48.5 Å². The zero-order valence-corrected chi connectivity index (χ0v) is 21.3. The molecule has 0 heterocycles. The number of methoxy groups -OCH3 is 2. The van der Waals surface area contributed by atoms with Crippen molar-refractivity contribution >= 4 is 12.1 Å². The third kappa shape index (κ3) is 6.31. The number of carboxylic acid groups (broad SMARTS) is 1. The minimum absolute atomic E-state index is 0.0531. The fraction of sp³-hybridized carbons (Fsp3) is 0.310. The van der Waals surface area contributed by atoms with Gasteiger partial charge in [0.2, 0.25) is 0 Å². The van der Waals surface area contributed by atoms with E-state index in [0.717, 1.165) is 22.3 Å². The Labute approximate surface area is 221 Å². The molecule has 9 nitrogen and oxygen atoms in total. The lowest BCUT2D eigenvalue weighted by Crippen LogP contribution is -2.46. The van der Waals surface area contributed by atoms with Gasteiger partial charge < -0.3 is 34.1 Å². The number of hydrogen-bond donors (Lipinski definition) is 2. The molecule has 1 aliphatic rings. The highest BCUT2D eigenvalue weighted by Crippen LogP contribution is 2.44. The van der Waals surface area contributed by atoms with Crippen molar-refractivity contribution in [2.45, 2.75) is 18.1 Å². The molecule has 0 fully saturated rings. The number of fused-ring (bicyclic) bond motifs is 3. The normalized spacial score (nSPS) is 13.7. The Bertz CT molecular complexity index is 1180. The standard InChI is InChI=1S/C29H31NO8/c1-34-15-16-36-18-38-20-13-11-19(12-14-20)27(35-2)26(28(31)32)30-29(33)37-17-25-23-9-5-3-7-21(23)22-8-4-6-10-24(22)25/h3-14,25-27H,15-18H2,1-2H3,(H,30,33)(H,31,32)/t26-,27-/m1/s1. The number of rotatable bonds is 13. The second-order valence-electron chi connectivity index (χ2n) is 8.67. The van der Waals surface area contributed by atoms with Crippen molar-refractivity contribution in [3.63, 3.8) is 0 Å². The summed E-state index contributed by atoms with van der Waals surface area (Å²) >= 11 is 0. The van der Waals surface area contributed by atoms with Crippen LogP contribution in [-0.4, -0.2) is 64.0 Å². The quantitative estimate of drug-likeness (QED) is 0.252. The molecule has 4 rings (SSSR count). The van der Waals surface area contributed by atoms with Crippen molar-refractivity contribution in [2.24, 2.45) is 0 Å². The summed E-state index contributed by atoms with van der Waals surface area (Å²) in [6.07, 6.45) is -1.80. The first kappa shape index (κ1) is 27.1. The van der Waals surface area contributed by atoms with Gasteiger partial charge in [-0.15, -0.1) is 0 Å². The summed E-state index contributed by atoms with van der Waals surface area (Å²) in [7, 11) is 2.97. The second kappa shape index (κ2) is 13.0. The SMILES string of the molecule is COCCOCOc1ccc([C@@H](OC)[C@@H](NC(=O)OCC2c3ccccc3-c3ccccc32)C(=O)O)cc1. The molecule has 0 aromatic heterocycles. The third-order valence-electron chi connectivity index (χ3n) is 6.39. The Balaban J connectivity index is 1.38. The summed E-state index contributed by atoms with van der Waals surface area (Å²) < 4.78 is 26.7. The average Bonchev–Trinajstić information content (AvgIpc) is 3.26. The van der Waals surface area contributed by atoms with Crippen LogP contribution < -0.4 is 10.1 Å². The zero-order valence-electron chi connectivity index (χ0n) is 21.3. The van der Waals surface area contributed by atoms with Crippen LogP contribution in [0.1, 0.15) is 28.7 Å². The largest absolute Gasteiger partial charge is 0.480 e. The van der Waals surface area contributed by atoms with Crippen LogP contribution in [0.4, 0.5) is 4.79 Å². The number of amides is 1. The summed E-state index contributed by atoms with van der Waals surface area (Å²) in [5.41, 5.74) is 4.89. The van der Waals surface area contributed by atoms with Gasteiger partial charge in [0.1, 0.15) is 18.5 Å². The monoisotopic (exact) mass is 521 g/mol. The number of alkyl carbamates (subject to hydrolysis) is 1. The molecule has 2 N–H and O–H groups in total. The van der Waals surface area contributed by atoms with Gasteiger partial charge in [-0.1, -0.05) is 60.7 Å². The maximum atomic E-state index is 12.7. The number of nitrogens with one attached hydrogen (secondary N) is 1. The van der Waals surface area contributed by atoms with Gasteiger partial charge in [-0.25, -0.2) is 9.59 Å². The number of ether oxygens (including phenoxy) is 5. The molecule has 3 aromatic carbocycles. The molecule has 0 saturated heterocycles. The Morgan fingerprint density at radius 1 is 0.895 bits per heavy atom. The van der Waals surface area contributed by atoms with Crippen molar-refractivity contribution in [3.8, 4) is 16.9 Å². The van der Waals surface area contributed by atoms with E-state index in [-0.39, 0.29) is 19.3 Å². The third-order valence-corrected chi connectivity index (χ3v) is 6.39. The molecular formula is C29H31NO8. The van der Waals surface area contributed by atoms with Gasteiger partial charge in [-0.2, -0.15) is 0 Å².